The van der Waals surface area contributed by atoms with E-state index in [9.17, 15) is 61.3 Å². The molecule has 0 saturated carbocycles. The molecule has 3 aromatic rings. The molecule has 3 aliphatic heterocycles. The summed E-state index contributed by atoms with van der Waals surface area (Å²) in [4.78, 5) is 19.2. The molecule has 59 heavy (non-hydrogen) atoms. The van der Waals surface area contributed by atoms with Crippen LogP contribution in [-0.4, -0.2) is 86.3 Å². The summed E-state index contributed by atoms with van der Waals surface area (Å²) < 4.78 is 169. The number of anilines is 1. The molecule has 3 aromatic carbocycles. The Hall–Kier alpha value is -4.48. The van der Waals surface area contributed by atoms with E-state index in [1.807, 2.05) is 4.90 Å². The summed E-state index contributed by atoms with van der Waals surface area (Å²) in [6.45, 7) is 7.21. The molecule has 1 unspecified atom stereocenters. The van der Waals surface area contributed by atoms with Crippen molar-refractivity contribution in [2.24, 2.45) is 4.99 Å². The standard InChI is InChI=1S/C37H39F4N3O12S3/c1-36(2)16-20(18-58(49,50)51)22-11-26-30(14-28(22)43(36)8-5-7-32(45)56-35-33(40)24(38)13-25(39)34(35)41)55-31-15-29-23(12-27(31)42-26)21(19-59(52,53)54)17-37(3,4)44(29)9-6-10-57(46,47)48/h11-15,17,20H,5-10,16,18-19H2,1-4H3,(H2-,46,47,48,49,50,51,52,53,54)/p+1. The average Bonchev–Trinajstić information content (AvgIpc) is 3.07. The lowest BCUT2D eigenvalue weighted by molar-refractivity contribution is -0.134. The molecule has 0 aromatic heterocycles. The molecular weight excluding hydrogens is 851 g/mol. The Balaban J connectivity index is 1.40. The van der Waals surface area contributed by atoms with Crippen molar-refractivity contribution in [2.75, 3.05) is 35.2 Å². The Morgan fingerprint density at radius 1 is 0.898 bits per heavy atom. The van der Waals surface area contributed by atoms with Crippen molar-refractivity contribution in [3.8, 4) is 17.2 Å². The summed E-state index contributed by atoms with van der Waals surface area (Å²) in [5.74, 6) is -12.4. The SMILES string of the molecule is CC1(C)CC(CS(=O)(=O)O)c2cc3c(cc2N1CCCC(=O)Oc1c(F)c(F)cc(F)c1F)Oc1cc2c(cc1=N3)C(CS(=O)(=O)O)=CC(C)(C)[N+]=2CCCS(=O)(=O)O. The molecule has 0 spiro atoms. The van der Waals surface area contributed by atoms with E-state index in [0.29, 0.717) is 22.2 Å². The van der Waals surface area contributed by atoms with Crippen LogP contribution in [0.3, 0.4) is 0 Å². The minimum atomic E-state index is -4.54. The van der Waals surface area contributed by atoms with Crippen LogP contribution in [0.25, 0.3) is 5.57 Å². The lowest BCUT2D eigenvalue weighted by Gasteiger charge is -2.48. The number of ether oxygens (including phenoxy) is 2. The van der Waals surface area contributed by atoms with E-state index >= 15 is 0 Å². The third-order valence-corrected chi connectivity index (χ3v) is 12.6. The van der Waals surface area contributed by atoms with Crippen LogP contribution in [-0.2, 0) is 35.1 Å². The molecule has 0 fully saturated rings. The number of benzene rings is 3. The van der Waals surface area contributed by atoms with Crippen LogP contribution < -0.4 is 29.7 Å². The van der Waals surface area contributed by atoms with Gasteiger partial charge in [-0.25, -0.2) is 18.3 Å². The Morgan fingerprint density at radius 2 is 1.56 bits per heavy atom. The van der Waals surface area contributed by atoms with Gasteiger partial charge in [0.25, 0.3) is 30.4 Å². The summed E-state index contributed by atoms with van der Waals surface area (Å²) in [5, 5.41) is 0.629. The number of esters is 1. The second kappa shape index (κ2) is 15.5. The molecule has 0 amide bonds. The summed E-state index contributed by atoms with van der Waals surface area (Å²) in [6.07, 6.45) is 1.29. The van der Waals surface area contributed by atoms with Gasteiger partial charge in [-0.3, -0.25) is 18.5 Å². The van der Waals surface area contributed by atoms with Gasteiger partial charge in [-0.05, 0) is 56.0 Å². The highest BCUT2D eigenvalue weighted by molar-refractivity contribution is 7.86. The molecule has 3 aliphatic rings. The minimum Gasteiger partial charge on any atom is -0.452 e. The van der Waals surface area contributed by atoms with E-state index < -0.39 is 106 Å². The topological polar surface area (TPSA) is 217 Å². The highest BCUT2D eigenvalue weighted by Crippen LogP contribution is 2.49. The zero-order valence-electron chi connectivity index (χ0n) is 32.0. The largest absolute Gasteiger partial charge is 0.452 e. The molecule has 15 nitrogen and oxygen atoms in total. The Kier molecular flexibility index (Phi) is 11.6. The zero-order chi connectivity index (χ0) is 43.6. The molecule has 0 saturated heterocycles. The van der Waals surface area contributed by atoms with Crippen LogP contribution in [0.1, 0.15) is 70.4 Å². The minimum absolute atomic E-state index is 0.00827. The molecule has 0 radical (unpaired) electrons. The zero-order valence-corrected chi connectivity index (χ0v) is 34.4. The van der Waals surface area contributed by atoms with E-state index in [2.05, 4.69) is 4.74 Å². The predicted octanol–water partition coefficient (Wildman–Crippen LogP) is 4.48. The van der Waals surface area contributed by atoms with Crippen LogP contribution >= 0.6 is 0 Å². The fourth-order valence-corrected chi connectivity index (χ4v) is 9.88. The molecule has 1 atom stereocenters. The second-order valence-electron chi connectivity index (χ2n) is 15.8. The van der Waals surface area contributed by atoms with E-state index in [0.717, 1.165) is 0 Å². The number of hydrogen-bond donors (Lipinski definition) is 3. The maximum atomic E-state index is 14.2. The maximum absolute atomic E-state index is 14.2. The number of fused-ring (bicyclic) bond motifs is 4. The van der Waals surface area contributed by atoms with Crippen molar-refractivity contribution in [3.05, 3.63) is 81.5 Å². The quantitative estimate of drug-likeness (QED) is 0.0422. The number of rotatable bonds is 13. The van der Waals surface area contributed by atoms with Crippen molar-refractivity contribution in [1.82, 2.24) is 4.58 Å². The highest BCUT2D eigenvalue weighted by Gasteiger charge is 2.41. The number of nitrogens with zero attached hydrogens (tertiary/aromatic N) is 3. The number of hydrogen-bond acceptors (Lipinski definition) is 11. The molecule has 3 N–H and O–H groups in total. The summed E-state index contributed by atoms with van der Waals surface area (Å²) in [7, 11) is -13.4. The molecule has 3 heterocycles. The van der Waals surface area contributed by atoms with Gasteiger partial charge in [0.15, 0.2) is 28.7 Å². The highest BCUT2D eigenvalue weighted by atomic mass is 32.2. The van der Waals surface area contributed by atoms with Crippen molar-refractivity contribution in [1.29, 1.82) is 0 Å². The molecule has 6 rings (SSSR count). The fourth-order valence-electron chi connectivity index (χ4n) is 7.94. The van der Waals surface area contributed by atoms with Crippen LogP contribution in [0, 0.1) is 23.3 Å². The van der Waals surface area contributed by atoms with Crippen LogP contribution in [0.2, 0.25) is 0 Å². The van der Waals surface area contributed by atoms with E-state index in [4.69, 9.17) is 9.73 Å². The third-order valence-electron chi connectivity index (χ3n) is 10.3. The van der Waals surface area contributed by atoms with E-state index in [1.165, 1.54) is 6.07 Å². The van der Waals surface area contributed by atoms with Crippen LogP contribution in [0.15, 0.2) is 41.4 Å². The van der Waals surface area contributed by atoms with Gasteiger partial charge < -0.3 is 14.4 Å². The van der Waals surface area contributed by atoms with Crippen molar-refractivity contribution in [3.63, 3.8) is 0 Å². The smallest absolute Gasteiger partial charge is 0.311 e. The first kappa shape index (κ1) is 44.1. The summed E-state index contributed by atoms with van der Waals surface area (Å²) in [5.41, 5.74) is -0.139. The van der Waals surface area contributed by atoms with Gasteiger partial charge in [0.1, 0.15) is 23.3 Å². The van der Waals surface area contributed by atoms with Crippen LogP contribution in [0.5, 0.6) is 17.2 Å². The normalized spacial score (nSPS) is 18.1. The molecule has 0 aliphatic carbocycles. The molecule has 22 heteroatoms. The van der Waals surface area contributed by atoms with Gasteiger partial charge >= 0.3 is 5.97 Å². The second-order valence-corrected chi connectivity index (χ2v) is 20.3. The van der Waals surface area contributed by atoms with Gasteiger partial charge in [0, 0.05) is 62.5 Å². The predicted molar refractivity (Wildman–Crippen MR) is 205 cm³/mol. The Morgan fingerprint density at radius 3 is 2.17 bits per heavy atom. The van der Waals surface area contributed by atoms with E-state index in [1.54, 1.807) is 56.5 Å². The van der Waals surface area contributed by atoms with Gasteiger partial charge in [0.05, 0.1) is 23.1 Å². The number of carbonyl (C=O) groups excluding carboxylic acids is 1. The lowest BCUT2D eigenvalue weighted by Crippen LogP contribution is -2.50. The van der Waals surface area contributed by atoms with Crippen molar-refractivity contribution < 1.29 is 70.7 Å². The fraction of sp³-hybridized carbons (Fsp3) is 0.432. The first-order valence-corrected chi connectivity index (χ1v) is 22.9. The van der Waals surface area contributed by atoms with E-state index in [-0.39, 0.29) is 66.5 Å². The Labute approximate surface area is 336 Å². The van der Waals surface area contributed by atoms with Crippen molar-refractivity contribution >= 4 is 53.3 Å². The van der Waals surface area contributed by atoms with Gasteiger partial charge in [-0.15, -0.1) is 0 Å². The van der Waals surface area contributed by atoms with Crippen molar-refractivity contribution in [2.45, 2.75) is 70.4 Å². The monoisotopic (exact) mass is 890 g/mol. The molecule has 320 valence electrons. The third kappa shape index (κ3) is 9.78. The number of halogens is 4. The molecule has 0 bridgehead atoms. The molecular formula is C37H40F4N3O12S3+. The van der Waals surface area contributed by atoms with Gasteiger partial charge in [0.2, 0.25) is 22.7 Å². The van der Waals surface area contributed by atoms with Gasteiger partial charge in [-0.2, -0.15) is 34.0 Å². The summed E-state index contributed by atoms with van der Waals surface area (Å²) in [6, 6.07) is 6.25. The summed E-state index contributed by atoms with van der Waals surface area (Å²) >= 11 is 0. The maximum Gasteiger partial charge on any atom is 0.311 e. The lowest BCUT2D eigenvalue weighted by atomic mass is 9.79. The first-order chi connectivity index (χ1) is 27.1. The van der Waals surface area contributed by atoms with Crippen LogP contribution in [0.4, 0.5) is 28.9 Å². The Bertz CT molecular complexity index is 2750. The van der Waals surface area contributed by atoms with Gasteiger partial charge in [-0.1, -0.05) is 0 Å². The first-order valence-electron chi connectivity index (χ1n) is 18.0. The number of carbonyl (C=O) groups is 1. The average molecular weight is 891 g/mol.